The number of aliphatic hydroxyl groups is 1. The molecule has 2 N–H and O–H groups in total. The highest BCUT2D eigenvalue weighted by Gasteiger charge is 2.25. The molecule has 6 nitrogen and oxygen atoms in total. The van der Waals surface area contributed by atoms with Crippen molar-refractivity contribution >= 4 is 11.6 Å². The van der Waals surface area contributed by atoms with Gasteiger partial charge in [0.15, 0.2) is 5.65 Å². The van der Waals surface area contributed by atoms with Crippen LogP contribution in [0.2, 0.25) is 0 Å². The van der Waals surface area contributed by atoms with E-state index in [0.717, 1.165) is 30.7 Å². The number of aliphatic hydroxyl groups excluding tert-OH is 1. The van der Waals surface area contributed by atoms with Crippen molar-refractivity contribution < 1.29 is 9.90 Å². The van der Waals surface area contributed by atoms with Crippen LogP contribution in [0.4, 0.5) is 0 Å². The van der Waals surface area contributed by atoms with E-state index in [0.29, 0.717) is 12.1 Å². The number of rotatable bonds is 3. The number of nitrogens with zero attached hydrogens (tertiary/aromatic N) is 3. The van der Waals surface area contributed by atoms with Crippen LogP contribution in [-0.4, -0.2) is 38.3 Å². The summed E-state index contributed by atoms with van der Waals surface area (Å²) in [6.07, 6.45) is 4.31. The van der Waals surface area contributed by atoms with Crippen LogP contribution in [0.5, 0.6) is 0 Å². The summed E-state index contributed by atoms with van der Waals surface area (Å²) in [7, 11) is 0. The Bertz CT molecular complexity index is 637. The number of hydrogen-bond donors (Lipinski definition) is 2. The van der Waals surface area contributed by atoms with Crippen molar-refractivity contribution in [2.75, 3.05) is 6.54 Å². The molecular weight excluding hydrogens is 256 g/mol. The smallest absolute Gasteiger partial charge is 0.252 e. The van der Waals surface area contributed by atoms with Crippen LogP contribution in [0.1, 0.15) is 35.4 Å². The maximum Gasteiger partial charge on any atom is 0.252 e. The highest BCUT2D eigenvalue weighted by Crippen LogP contribution is 2.24. The summed E-state index contributed by atoms with van der Waals surface area (Å²) < 4.78 is 1.79. The SMILES string of the molecule is Cc1nnc2ccc(C(=O)NCC3CCCC3O)cn12. The molecule has 0 radical (unpaired) electrons. The van der Waals surface area contributed by atoms with Crippen LogP contribution < -0.4 is 5.32 Å². The number of carbonyl (C=O) groups is 1. The van der Waals surface area contributed by atoms with Crippen molar-refractivity contribution in [3.63, 3.8) is 0 Å². The molecule has 0 aliphatic heterocycles. The number of aromatic nitrogens is 3. The third kappa shape index (κ3) is 2.38. The lowest BCUT2D eigenvalue weighted by Crippen LogP contribution is -2.32. The van der Waals surface area contributed by atoms with Crippen LogP contribution in [0, 0.1) is 12.8 Å². The second-order valence-corrected chi connectivity index (χ2v) is 5.36. The topological polar surface area (TPSA) is 79.5 Å². The molecule has 2 atom stereocenters. The van der Waals surface area contributed by atoms with Crippen LogP contribution in [0.25, 0.3) is 5.65 Å². The van der Waals surface area contributed by atoms with Gasteiger partial charge in [-0.05, 0) is 31.9 Å². The molecule has 6 heteroatoms. The van der Waals surface area contributed by atoms with E-state index in [1.165, 1.54) is 0 Å². The van der Waals surface area contributed by atoms with Gasteiger partial charge in [-0.25, -0.2) is 0 Å². The number of hydrogen-bond acceptors (Lipinski definition) is 4. The lowest BCUT2D eigenvalue weighted by atomic mass is 10.1. The van der Waals surface area contributed by atoms with Crippen LogP contribution in [-0.2, 0) is 0 Å². The number of fused-ring (bicyclic) bond motifs is 1. The zero-order chi connectivity index (χ0) is 14.1. The highest BCUT2D eigenvalue weighted by molar-refractivity contribution is 5.94. The summed E-state index contributed by atoms with van der Waals surface area (Å²) in [6.45, 7) is 2.37. The molecule has 3 rings (SSSR count). The molecule has 1 aliphatic rings. The largest absolute Gasteiger partial charge is 0.393 e. The fourth-order valence-electron chi connectivity index (χ4n) is 2.72. The van der Waals surface area contributed by atoms with Gasteiger partial charge in [0, 0.05) is 18.7 Å². The van der Waals surface area contributed by atoms with E-state index in [1.807, 2.05) is 6.92 Å². The first-order chi connectivity index (χ1) is 9.65. The third-order valence-corrected chi connectivity index (χ3v) is 3.98. The number of pyridine rings is 1. The number of amides is 1. The lowest BCUT2D eigenvalue weighted by molar-refractivity contribution is 0.0916. The molecule has 0 bridgehead atoms. The normalized spacial score (nSPS) is 22.3. The van der Waals surface area contributed by atoms with Crippen molar-refractivity contribution in [3.05, 3.63) is 29.7 Å². The van der Waals surface area contributed by atoms with Crippen LogP contribution >= 0.6 is 0 Å². The molecule has 2 heterocycles. The van der Waals surface area contributed by atoms with Crippen molar-refractivity contribution in [2.45, 2.75) is 32.3 Å². The standard InChI is InChI=1S/C14H18N4O2/c1-9-16-17-13-6-5-11(8-18(9)13)14(20)15-7-10-3-2-4-12(10)19/h5-6,8,10,12,19H,2-4,7H2,1H3,(H,15,20). The number of aryl methyl sites for hydroxylation is 1. The van der Waals surface area contributed by atoms with Gasteiger partial charge in [0.05, 0.1) is 11.7 Å². The minimum absolute atomic E-state index is 0.126. The Hall–Kier alpha value is -1.95. The predicted octanol–water partition coefficient (Wildman–Crippen LogP) is 0.929. The fourth-order valence-corrected chi connectivity index (χ4v) is 2.72. The molecule has 1 aliphatic carbocycles. The number of nitrogens with one attached hydrogen (secondary N) is 1. The van der Waals surface area contributed by atoms with Gasteiger partial charge in [-0.1, -0.05) is 6.42 Å². The fraction of sp³-hybridized carbons (Fsp3) is 0.500. The van der Waals surface area contributed by atoms with Crippen molar-refractivity contribution in [2.24, 2.45) is 5.92 Å². The average Bonchev–Trinajstić information content (AvgIpc) is 3.03. The van der Waals surface area contributed by atoms with E-state index in [4.69, 9.17) is 0 Å². The van der Waals surface area contributed by atoms with E-state index in [1.54, 1.807) is 22.7 Å². The van der Waals surface area contributed by atoms with Gasteiger partial charge < -0.3 is 10.4 Å². The maximum absolute atomic E-state index is 12.1. The first-order valence-corrected chi connectivity index (χ1v) is 6.93. The van der Waals surface area contributed by atoms with E-state index in [-0.39, 0.29) is 17.9 Å². The molecule has 106 valence electrons. The Kier molecular flexibility index (Phi) is 3.40. The van der Waals surface area contributed by atoms with E-state index in [9.17, 15) is 9.90 Å². The maximum atomic E-state index is 12.1. The molecule has 2 aromatic rings. The summed E-state index contributed by atoms with van der Waals surface area (Å²) in [5.41, 5.74) is 1.30. The molecule has 20 heavy (non-hydrogen) atoms. The highest BCUT2D eigenvalue weighted by atomic mass is 16.3. The van der Waals surface area contributed by atoms with E-state index in [2.05, 4.69) is 15.5 Å². The lowest BCUT2D eigenvalue weighted by Gasteiger charge is -2.15. The minimum atomic E-state index is -0.280. The van der Waals surface area contributed by atoms with Gasteiger partial charge in [0.2, 0.25) is 0 Å². The third-order valence-electron chi connectivity index (χ3n) is 3.98. The Labute approximate surface area is 116 Å². The Morgan fingerprint density at radius 3 is 3.05 bits per heavy atom. The zero-order valence-electron chi connectivity index (χ0n) is 11.4. The summed E-state index contributed by atoms with van der Waals surface area (Å²) in [4.78, 5) is 12.1. The molecule has 1 amide bonds. The molecule has 0 aromatic carbocycles. The average molecular weight is 274 g/mol. The molecule has 0 spiro atoms. The molecule has 1 saturated carbocycles. The second kappa shape index (κ2) is 5.20. The molecular formula is C14H18N4O2. The van der Waals surface area contributed by atoms with Crippen LogP contribution in [0.15, 0.2) is 18.3 Å². The predicted molar refractivity (Wildman–Crippen MR) is 73.4 cm³/mol. The summed E-state index contributed by atoms with van der Waals surface area (Å²) in [5.74, 6) is 0.805. The summed E-state index contributed by atoms with van der Waals surface area (Å²) >= 11 is 0. The van der Waals surface area contributed by atoms with E-state index < -0.39 is 0 Å². The first-order valence-electron chi connectivity index (χ1n) is 6.93. The van der Waals surface area contributed by atoms with Gasteiger partial charge in [-0.2, -0.15) is 0 Å². The first kappa shape index (κ1) is 13.1. The molecule has 1 fully saturated rings. The number of carbonyl (C=O) groups excluding carboxylic acids is 1. The molecule has 0 saturated heterocycles. The van der Waals surface area contributed by atoms with Gasteiger partial charge in [0.1, 0.15) is 5.82 Å². The van der Waals surface area contributed by atoms with Gasteiger partial charge in [0.25, 0.3) is 5.91 Å². The zero-order valence-corrected chi connectivity index (χ0v) is 11.4. The van der Waals surface area contributed by atoms with Gasteiger partial charge in [-0.15, -0.1) is 10.2 Å². The Morgan fingerprint density at radius 2 is 2.30 bits per heavy atom. The summed E-state index contributed by atoms with van der Waals surface area (Å²) in [6, 6.07) is 3.52. The van der Waals surface area contributed by atoms with Crippen molar-refractivity contribution in [1.82, 2.24) is 19.9 Å². The van der Waals surface area contributed by atoms with Crippen molar-refractivity contribution in [1.29, 1.82) is 0 Å². The minimum Gasteiger partial charge on any atom is -0.393 e. The van der Waals surface area contributed by atoms with E-state index >= 15 is 0 Å². The second-order valence-electron chi connectivity index (χ2n) is 5.36. The molecule has 2 aromatic heterocycles. The van der Waals surface area contributed by atoms with Crippen molar-refractivity contribution in [3.8, 4) is 0 Å². The summed E-state index contributed by atoms with van der Waals surface area (Å²) in [5, 5.41) is 20.6. The van der Waals surface area contributed by atoms with Crippen LogP contribution in [0.3, 0.4) is 0 Å². The monoisotopic (exact) mass is 274 g/mol. The molecule has 2 unspecified atom stereocenters. The quantitative estimate of drug-likeness (QED) is 0.872. The Balaban J connectivity index is 1.70. The Morgan fingerprint density at radius 1 is 1.45 bits per heavy atom. The van der Waals surface area contributed by atoms with Gasteiger partial charge >= 0.3 is 0 Å². The van der Waals surface area contributed by atoms with Gasteiger partial charge in [-0.3, -0.25) is 9.20 Å².